The number of hydrogen-bond acceptors (Lipinski definition) is 3. The first-order chi connectivity index (χ1) is 12.1. The average molecular weight is 348 g/mol. The minimum Gasteiger partial charge on any atom is -0.370 e. The second kappa shape index (κ2) is 13.4. The zero-order chi connectivity index (χ0) is 18.3. The van der Waals surface area contributed by atoms with Gasteiger partial charge < -0.3 is 10.6 Å². The molecule has 1 aliphatic rings. The molecule has 0 radical (unpaired) electrons. The van der Waals surface area contributed by atoms with E-state index in [0.717, 1.165) is 32.4 Å². The first-order valence-electron chi connectivity index (χ1n) is 9.58. The summed E-state index contributed by atoms with van der Waals surface area (Å²) in [6.07, 6.45) is 13.8. The lowest BCUT2D eigenvalue weighted by Crippen LogP contribution is -2.27. The molecule has 1 fully saturated rings. The van der Waals surface area contributed by atoms with Gasteiger partial charge in [0.05, 0.1) is 0 Å². The summed E-state index contributed by atoms with van der Waals surface area (Å²) in [5.41, 5.74) is 6.16. The molecule has 0 unspecified atom stereocenters. The van der Waals surface area contributed by atoms with Crippen LogP contribution in [0.2, 0.25) is 0 Å². The largest absolute Gasteiger partial charge is 0.370 e. The van der Waals surface area contributed by atoms with Gasteiger partial charge in [0.2, 0.25) is 11.8 Å². The van der Waals surface area contributed by atoms with Gasteiger partial charge >= 0.3 is 0 Å². The highest BCUT2D eigenvalue weighted by Gasteiger charge is 2.16. The van der Waals surface area contributed by atoms with Crippen molar-refractivity contribution in [3.8, 4) is 0 Å². The fourth-order valence-electron chi connectivity index (χ4n) is 2.83. The summed E-state index contributed by atoms with van der Waals surface area (Å²) in [4.78, 5) is 27.9. The number of aryl methyl sites for hydroxylation is 1. The van der Waals surface area contributed by atoms with E-state index in [1.54, 1.807) is 12.4 Å². The summed E-state index contributed by atoms with van der Waals surface area (Å²) in [5.74, 6) is 0.126. The molecule has 1 aliphatic heterocycles. The molecule has 2 N–H and O–H groups in total. The van der Waals surface area contributed by atoms with E-state index < -0.39 is 0 Å². The molecule has 5 nitrogen and oxygen atoms in total. The Balaban J connectivity index is 0.000000275. The quantitative estimate of drug-likeness (QED) is 0.695. The Bertz CT molecular complexity index is 485. The number of nitrogens with two attached hydrogens (primary N) is 1. The van der Waals surface area contributed by atoms with Crippen molar-refractivity contribution in [3.63, 3.8) is 0 Å². The highest BCUT2D eigenvalue weighted by Crippen LogP contribution is 2.10. The van der Waals surface area contributed by atoms with Crippen LogP contribution in [0.15, 0.2) is 24.5 Å². The van der Waals surface area contributed by atoms with Crippen molar-refractivity contribution in [2.45, 2.75) is 71.1 Å². The summed E-state index contributed by atoms with van der Waals surface area (Å²) in [7, 11) is 0. The Morgan fingerprint density at radius 1 is 1.04 bits per heavy atom. The van der Waals surface area contributed by atoms with Crippen LogP contribution < -0.4 is 5.73 Å². The lowest BCUT2D eigenvalue weighted by Gasteiger charge is -2.14. The molecule has 0 bridgehead atoms. The minimum absolute atomic E-state index is 0.170. The fraction of sp³-hybridized carbons (Fsp3) is 0.650. The molecule has 0 aromatic carbocycles. The molecular formula is C20H33N3O2. The Hall–Kier alpha value is -1.91. The van der Waals surface area contributed by atoms with Crippen LogP contribution in [0.3, 0.4) is 0 Å². The fourth-order valence-corrected chi connectivity index (χ4v) is 2.83. The molecule has 1 aromatic rings. The van der Waals surface area contributed by atoms with Gasteiger partial charge in [0.25, 0.3) is 0 Å². The Morgan fingerprint density at radius 2 is 1.68 bits per heavy atom. The van der Waals surface area contributed by atoms with Gasteiger partial charge in [-0.15, -0.1) is 0 Å². The second-order valence-electron chi connectivity index (χ2n) is 6.57. The van der Waals surface area contributed by atoms with E-state index in [-0.39, 0.29) is 5.91 Å². The molecule has 1 aromatic heterocycles. The van der Waals surface area contributed by atoms with E-state index in [9.17, 15) is 9.59 Å². The highest BCUT2D eigenvalue weighted by atomic mass is 16.2. The summed E-state index contributed by atoms with van der Waals surface area (Å²) < 4.78 is 0. The third kappa shape index (κ3) is 10.5. The molecule has 0 aliphatic carbocycles. The van der Waals surface area contributed by atoms with Crippen LogP contribution in [-0.4, -0.2) is 34.8 Å². The predicted octanol–water partition coefficient (Wildman–Crippen LogP) is 3.47. The molecular weight excluding hydrogens is 314 g/mol. The van der Waals surface area contributed by atoms with E-state index in [1.165, 1.54) is 37.7 Å². The summed E-state index contributed by atoms with van der Waals surface area (Å²) in [5, 5.41) is 0. The number of hydrogen-bond donors (Lipinski definition) is 1. The van der Waals surface area contributed by atoms with Crippen LogP contribution in [0.25, 0.3) is 0 Å². The number of rotatable bonds is 9. The zero-order valence-corrected chi connectivity index (χ0v) is 15.6. The number of nitrogens with zero attached hydrogens (tertiary/aromatic N) is 2. The van der Waals surface area contributed by atoms with Crippen molar-refractivity contribution >= 4 is 11.8 Å². The minimum atomic E-state index is -0.170. The van der Waals surface area contributed by atoms with E-state index in [2.05, 4.69) is 11.9 Å². The normalized spacial score (nSPS) is 13.2. The number of primary amides is 1. The highest BCUT2D eigenvalue weighted by molar-refractivity contribution is 5.76. The average Bonchev–Trinajstić information content (AvgIpc) is 3.15. The number of unbranched alkanes of at least 4 members (excludes halogenated alkanes) is 4. The predicted molar refractivity (Wildman–Crippen MR) is 101 cm³/mol. The van der Waals surface area contributed by atoms with Crippen LogP contribution >= 0.6 is 0 Å². The van der Waals surface area contributed by atoms with Gasteiger partial charge in [-0.05, 0) is 43.4 Å². The summed E-state index contributed by atoms with van der Waals surface area (Å²) in [6, 6.07) is 3.94. The molecule has 1 saturated heterocycles. The standard InChI is InChI=1S/C12H16N2O.C8H17NO/c15-12(14-9-1-2-10-14)4-3-11-5-7-13-8-6-11;1-2-3-4-5-6-7-8(9)10/h5-8H,1-4,9-10H2;2-7H2,1H3,(H2,9,10). The van der Waals surface area contributed by atoms with Crippen LogP contribution in [0.5, 0.6) is 0 Å². The van der Waals surface area contributed by atoms with Crippen molar-refractivity contribution in [3.05, 3.63) is 30.1 Å². The molecule has 0 atom stereocenters. The van der Waals surface area contributed by atoms with E-state index >= 15 is 0 Å². The third-order valence-corrected chi connectivity index (χ3v) is 4.36. The van der Waals surface area contributed by atoms with E-state index in [1.807, 2.05) is 17.0 Å². The van der Waals surface area contributed by atoms with Gasteiger partial charge in [-0.25, -0.2) is 0 Å². The Morgan fingerprint density at radius 3 is 2.28 bits per heavy atom. The van der Waals surface area contributed by atoms with Gasteiger partial charge in [-0.3, -0.25) is 14.6 Å². The van der Waals surface area contributed by atoms with Crippen LogP contribution in [0, 0.1) is 0 Å². The molecule has 25 heavy (non-hydrogen) atoms. The van der Waals surface area contributed by atoms with Crippen molar-refractivity contribution in [2.24, 2.45) is 5.73 Å². The lowest BCUT2D eigenvalue weighted by molar-refractivity contribution is -0.130. The van der Waals surface area contributed by atoms with Gasteiger partial charge in [0.15, 0.2) is 0 Å². The molecule has 0 spiro atoms. The maximum atomic E-state index is 11.7. The third-order valence-electron chi connectivity index (χ3n) is 4.36. The molecule has 2 heterocycles. The first-order valence-corrected chi connectivity index (χ1v) is 9.58. The van der Waals surface area contributed by atoms with Gasteiger partial charge in [0.1, 0.15) is 0 Å². The van der Waals surface area contributed by atoms with Crippen LogP contribution in [-0.2, 0) is 16.0 Å². The maximum Gasteiger partial charge on any atom is 0.222 e. The van der Waals surface area contributed by atoms with E-state index in [4.69, 9.17) is 5.73 Å². The summed E-state index contributed by atoms with van der Waals surface area (Å²) in [6.45, 7) is 4.08. The molecule has 2 amide bonds. The van der Waals surface area contributed by atoms with Crippen molar-refractivity contribution in [1.82, 2.24) is 9.88 Å². The Labute approximate surface area is 152 Å². The number of carbonyl (C=O) groups excluding carboxylic acids is 2. The number of pyridine rings is 1. The van der Waals surface area contributed by atoms with Gasteiger partial charge in [0, 0.05) is 38.3 Å². The van der Waals surface area contributed by atoms with Gasteiger partial charge in [-0.2, -0.15) is 0 Å². The lowest BCUT2D eigenvalue weighted by atomic mass is 10.1. The number of aromatic nitrogens is 1. The van der Waals surface area contributed by atoms with Crippen molar-refractivity contribution in [2.75, 3.05) is 13.1 Å². The SMILES string of the molecule is CCCCCCCC(N)=O.O=C(CCc1ccncc1)N1CCCC1. The van der Waals surface area contributed by atoms with Crippen molar-refractivity contribution in [1.29, 1.82) is 0 Å². The zero-order valence-electron chi connectivity index (χ0n) is 15.6. The number of likely N-dealkylation sites (tertiary alicyclic amines) is 1. The molecule has 2 rings (SSSR count). The first kappa shape index (κ1) is 21.1. The smallest absolute Gasteiger partial charge is 0.222 e. The maximum absolute atomic E-state index is 11.7. The van der Waals surface area contributed by atoms with Crippen molar-refractivity contribution < 1.29 is 9.59 Å². The monoisotopic (exact) mass is 347 g/mol. The molecule has 5 heteroatoms. The molecule has 0 saturated carbocycles. The Kier molecular flexibility index (Phi) is 11.3. The van der Waals surface area contributed by atoms with Gasteiger partial charge in [-0.1, -0.05) is 32.6 Å². The topological polar surface area (TPSA) is 76.3 Å². The van der Waals surface area contributed by atoms with Crippen LogP contribution in [0.1, 0.15) is 70.3 Å². The summed E-state index contributed by atoms with van der Waals surface area (Å²) >= 11 is 0. The second-order valence-corrected chi connectivity index (χ2v) is 6.57. The van der Waals surface area contributed by atoms with Crippen LogP contribution in [0.4, 0.5) is 0 Å². The number of carbonyl (C=O) groups is 2. The number of amides is 2. The van der Waals surface area contributed by atoms with E-state index in [0.29, 0.717) is 18.7 Å². The molecule has 140 valence electrons.